The average Bonchev–Trinajstić information content (AvgIpc) is 2.97. The molecule has 5 nitrogen and oxygen atoms in total. The summed E-state index contributed by atoms with van der Waals surface area (Å²) in [5, 5.41) is 7.91. The first-order valence-corrected chi connectivity index (χ1v) is 6.17. The zero-order chi connectivity index (χ0) is 12.5. The number of benzene rings is 1. The van der Waals surface area contributed by atoms with Crippen LogP contribution < -0.4 is 11.3 Å². The van der Waals surface area contributed by atoms with E-state index in [9.17, 15) is 0 Å². The quantitative estimate of drug-likeness (QED) is 0.616. The number of aryl methyl sites for hydroxylation is 1. The number of nitrogens with one attached hydrogen (secondary N) is 1. The van der Waals surface area contributed by atoms with Crippen LogP contribution in [-0.2, 0) is 19.9 Å². The summed E-state index contributed by atoms with van der Waals surface area (Å²) in [5.41, 5.74) is 6.82. The van der Waals surface area contributed by atoms with Gasteiger partial charge in [0.15, 0.2) is 0 Å². The van der Waals surface area contributed by atoms with E-state index in [0.717, 1.165) is 18.5 Å². The van der Waals surface area contributed by atoms with Gasteiger partial charge in [-0.25, -0.2) is 0 Å². The Morgan fingerprint density at radius 3 is 2.50 bits per heavy atom. The molecule has 0 saturated heterocycles. The summed E-state index contributed by atoms with van der Waals surface area (Å²) < 4.78 is 1.79. The lowest BCUT2D eigenvalue weighted by Crippen LogP contribution is -2.35. The van der Waals surface area contributed by atoms with Crippen molar-refractivity contribution < 1.29 is 0 Å². The van der Waals surface area contributed by atoms with Gasteiger partial charge in [0.25, 0.3) is 0 Å². The smallest absolute Gasteiger partial charge is 0.0769 e. The van der Waals surface area contributed by atoms with Gasteiger partial charge < -0.3 is 0 Å². The van der Waals surface area contributed by atoms with Crippen LogP contribution in [0.25, 0.3) is 0 Å². The molecule has 0 fully saturated rings. The van der Waals surface area contributed by atoms with Gasteiger partial charge in [-0.2, -0.15) is 0 Å². The van der Waals surface area contributed by atoms with Crippen molar-refractivity contribution in [3.05, 3.63) is 47.3 Å². The molecule has 0 bridgehead atoms. The molecule has 3 N–H and O–H groups in total. The Morgan fingerprint density at radius 1 is 1.33 bits per heavy atom. The molecule has 0 spiro atoms. The molecule has 1 aliphatic rings. The van der Waals surface area contributed by atoms with E-state index in [-0.39, 0.29) is 6.04 Å². The van der Waals surface area contributed by atoms with Gasteiger partial charge in [-0.1, -0.05) is 29.5 Å². The van der Waals surface area contributed by atoms with Gasteiger partial charge >= 0.3 is 0 Å². The van der Waals surface area contributed by atoms with Crippen molar-refractivity contribution in [2.45, 2.75) is 18.9 Å². The van der Waals surface area contributed by atoms with E-state index in [0.29, 0.717) is 5.92 Å². The van der Waals surface area contributed by atoms with E-state index >= 15 is 0 Å². The van der Waals surface area contributed by atoms with Crippen LogP contribution in [0, 0.1) is 5.92 Å². The van der Waals surface area contributed by atoms with E-state index in [1.165, 1.54) is 11.1 Å². The zero-order valence-electron chi connectivity index (χ0n) is 10.4. The molecule has 1 aromatic heterocycles. The molecule has 94 valence electrons. The van der Waals surface area contributed by atoms with Crippen LogP contribution in [0.3, 0.4) is 0 Å². The number of nitrogens with two attached hydrogens (primary N) is 1. The lowest BCUT2D eigenvalue weighted by atomic mass is 9.95. The first-order valence-electron chi connectivity index (χ1n) is 6.17. The second kappa shape index (κ2) is 4.51. The number of hydrogen-bond donors (Lipinski definition) is 2. The van der Waals surface area contributed by atoms with Crippen LogP contribution in [0.1, 0.15) is 22.9 Å². The lowest BCUT2D eigenvalue weighted by Gasteiger charge is -2.22. The maximum Gasteiger partial charge on any atom is 0.0769 e. The van der Waals surface area contributed by atoms with E-state index < -0.39 is 0 Å². The van der Waals surface area contributed by atoms with E-state index in [1.807, 2.05) is 7.05 Å². The van der Waals surface area contributed by atoms with Gasteiger partial charge in [-0.15, -0.1) is 5.10 Å². The number of rotatable bonds is 3. The highest BCUT2D eigenvalue weighted by atomic mass is 15.4. The second-order valence-corrected chi connectivity index (χ2v) is 4.86. The summed E-state index contributed by atoms with van der Waals surface area (Å²) in [4.78, 5) is 0. The highest BCUT2D eigenvalue weighted by Gasteiger charge is 2.30. The molecule has 0 amide bonds. The van der Waals surface area contributed by atoms with Gasteiger partial charge in [0.2, 0.25) is 0 Å². The molecule has 0 saturated carbocycles. The molecule has 1 aromatic carbocycles. The first kappa shape index (κ1) is 11.4. The lowest BCUT2D eigenvalue weighted by molar-refractivity contribution is 0.361. The summed E-state index contributed by atoms with van der Waals surface area (Å²) >= 11 is 0. The Hall–Kier alpha value is -1.72. The second-order valence-electron chi connectivity index (χ2n) is 4.86. The molecule has 0 radical (unpaired) electrons. The minimum Gasteiger partial charge on any atom is -0.271 e. The van der Waals surface area contributed by atoms with Crippen molar-refractivity contribution in [1.82, 2.24) is 20.4 Å². The fraction of sp³-hybridized carbons (Fsp3) is 0.385. The van der Waals surface area contributed by atoms with Crippen molar-refractivity contribution in [2.24, 2.45) is 18.8 Å². The normalized spacial score (nSPS) is 16.8. The van der Waals surface area contributed by atoms with Crippen molar-refractivity contribution >= 4 is 0 Å². The molecule has 0 aliphatic heterocycles. The van der Waals surface area contributed by atoms with Crippen molar-refractivity contribution in [3.8, 4) is 0 Å². The predicted octanol–water partition coefficient (Wildman–Crippen LogP) is 0.734. The maximum absolute atomic E-state index is 5.73. The van der Waals surface area contributed by atoms with Gasteiger partial charge in [0.05, 0.1) is 17.9 Å². The molecule has 1 aliphatic carbocycles. The molecule has 18 heavy (non-hydrogen) atoms. The third-order valence-electron chi connectivity index (χ3n) is 3.80. The molecular formula is C13H17N5. The Bertz CT molecular complexity index is 523. The van der Waals surface area contributed by atoms with E-state index in [2.05, 4.69) is 40.0 Å². The Morgan fingerprint density at radius 2 is 2.00 bits per heavy atom. The van der Waals surface area contributed by atoms with Crippen LogP contribution in [0.15, 0.2) is 30.5 Å². The summed E-state index contributed by atoms with van der Waals surface area (Å²) in [6.45, 7) is 0. The monoisotopic (exact) mass is 243 g/mol. The minimum absolute atomic E-state index is 0.0948. The third kappa shape index (κ3) is 1.81. The highest BCUT2D eigenvalue weighted by molar-refractivity contribution is 5.33. The standard InChI is InChI=1S/C13H17N5/c1-18-12(8-15-17-18)13(16-14)11-6-9-4-2-3-5-10(9)7-11/h2-5,8,11,13,16H,6-7,14H2,1H3. The average molecular weight is 243 g/mol. The molecule has 5 heteroatoms. The van der Waals surface area contributed by atoms with E-state index in [1.54, 1.807) is 10.9 Å². The molecule has 2 aromatic rings. The fourth-order valence-corrected chi connectivity index (χ4v) is 2.87. The molecule has 1 unspecified atom stereocenters. The molecule has 1 atom stereocenters. The van der Waals surface area contributed by atoms with E-state index in [4.69, 9.17) is 5.84 Å². The summed E-state index contributed by atoms with van der Waals surface area (Å²) in [5.74, 6) is 6.19. The zero-order valence-corrected chi connectivity index (χ0v) is 10.4. The number of aromatic nitrogens is 3. The molecule has 1 heterocycles. The number of hydrazine groups is 1. The largest absolute Gasteiger partial charge is 0.271 e. The topological polar surface area (TPSA) is 68.8 Å². The van der Waals surface area contributed by atoms with Crippen LogP contribution in [0.2, 0.25) is 0 Å². The number of nitrogens with zero attached hydrogens (tertiary/aromatic N) is 3. The predicted molar refractivity (Wildman–Crippen MR) is 68.4 cm³/mol. The van der Waals surface area contributed by atoms with Gasteiger partial charge in [-0.05, 0) is 29.9 Å². The maximum atomic E-state index is 5.73. The summed E-state index contributed by atoms with van der Waals surface area (Å²) in [6.07, 6.45) is 3.89. The van der Waals surface area contributed by atoms with Crippen LogP contribution >= 0.6 is 0 Å². The van der Waals surface area contributed by atoms with Crippen LogP contribution in [0.5, 0.6) is 0 Å². The molecular weight excluding hydrogens is 226 g/mol. The Labute approximate surface area is 106 Å². The highest BCUT2D eigenvalue weighted by Crippen LogP contribution is 2.34. The number of hydrogen-bond acceptors (Lipinski definition) is 4. The SMILES string of the molecule is Cn1nncc1C(NN)C1Cc2ccccc2C1. The minimum atomic E-state index is 0.0948. The van der Waals surface area contributed by atoms with Gasteiger partial charge in [-0.3, -0.25) is 16.0 Å². The fourth-order valence-electron chi connectivity index (χ4n) is 2.87. The Kier molecular flexibility index (Phi) is 2.85. The van der Waals surface area contributed by atoms with Crippen molar-refractivity contribution in [3.63, 3.8) is 0 Å². The first-order chi connectivity index (χ1) is 8.79. The van der Waals surface area contributed by atoms with Crippen LogP contribution in [-0.4, -0.2) is 15.0 Å². The van der Waals surface area contributed by atoms with Gasteiger partial charge in [0, 0.05) is 7.05 Å². The third-order valence-corrected chi connectivity index (χ3v) is 3.80. The Balaban J connectivity index is 1.86. The summed E-state index contributed by atoms with van der Waals surface area (Å²) in [7, 11) is 1.90. The summed E-state index contributed by atoms with van der Waals surface area (Å²) in [6, 6.07) is 8.68. The number of fused-ring (bicyclic) bond motifs is 1. The van der Waals surface area contributed by atoms with Gasteiger partial charge in [0.1, 0.15) is 0 Å². The van der Waals surface area contributed by atoms with Crippen molar-refractivity contribution in [2.75, 3.05) is 0 Å². The van der Waals surface area contributed by atoms with Crippen LogP contribution in [0.4, 0.5) is 0 Å². The van der Waals surface area contributed by atoms with Crippen molar-refractivity contribution in [1.29, 1.82) is 0 Å². The molecule has 3 rings (SSSR count).